The fraction of sp³-hybridized carbons (Fsp3) is 1.00. The van der Waals surface area contributed by atoms with Crippen molar-refractivity contribution >= 4 is 0 Å². The predicted molar refractivity (Wildman–Crippen MR) is 58.9 cm³/mol. The summed E-state index contributed by atoms with van der Waals surface area (Å²) < 4.78 is 0. The van der Waals surface area contributed by atoms with Crippen LogP contribution in [0.1, 0.15) is 46.5 Å². The molecule has 0 heterocycles. The highest BCUT2D eigenvalue weighted by atomic mass is 15.1. The van der Waals surface area contributed by atoms with Crippen molar-refractivity contribution in [3.63, 3.8) is 0 Å². The van der Waals surface area contributed by atoms with E-state index in [4.69, 9.17) is 0 Å². The van der Waals surface area contributed by atoms with Gasteiger partial charge in [0.05, 0.1) is 0 Å². The van der Waals surface area contributed by atoms with Gasteiger partial charge in [0, 0.05) is 12.6 Å². The summed E-state index contributed by atoms with van der Waals surface area (Å²) in [5.74, 6) is 1.72. The van der Waals surface area contributed by atoms with Crippen LogP contribution in [0.4, 0.5) is 0 Å². The molecule has 1 saturated carbocycles. The van der Waals surface area contributed by atoms with E-state index in [0.29, 0.717) is 0 Å². The van der Waals surface area contributed by atoms with Crippen molar-refractivity contribution in [3.05, 3.63) is 0 Å². The third kappa shape index (κ3) is 3.30. The molecule has 0 radical (unpaired) electrons. The molecule has 0 saturated heterocycles. The van der Waals surface area contributed by atoms with Crippen LogP contribution in [0.5, 0.6) is 0 Å². The minimum atomic E-state index is 0.805. The van der Waals surface area contributed by atoms with Gasteiger partial charge in [0.2, 0.25) is 0 Å². The Labute approximate surface area is 83.5 Å². The second kappa shape index (κ2) is 4.99. The fourth-order valence-electron chi connectivity index (χ4n) is 2.66. The quantitative estimate of drug-likeness (QED) is 0.649. The highest BCUT2D eigenvalue weighted by Gasteiger charge is 2.24. The smallest absolute Gasteiger partial charge is 0.0118 e. The van der Waals surface area contributed by atoms with E-state index >= 15 is 0 Å². The van der Waals surface area contributed by atoms with Gasteiger partial charge in [0.15, 0.2) is 0 Å². The maximum Gasteiger partial charge on any atom is 0.0118 e. The largest absolute Gasteiger partial charge is 0.303 e. The molecule has 78 valence electrons. The lowest BCUT2D eigenvalue weighted by Crippen LogP contribution is -2.40. The molecule has 0 spiro atoms. The lowest BCUT2D eigenvalue weighted by Gasteiger charge is -2.37. The lowest BCUT2D eigenvalue weighted by atomic mass is 9.85. The predicted octanol–water partition coefficient (Wildman–Crippen LogP) is 3.15. The molecule has 0 aromatic heterocycles. The molecular weight excluding hydrogens is 158 g/mol. The van der Waals surface area contributed by atoms with Crippen LogP contribution in [0, 0.1) is 11.8 Å². The third-order valence-corrected chi connectivity index (χ3v) is 3.29. The summed E-state index contributed by atoms with van der Waals surface area (Å²) in [6.45, 7) is 8.30. The number of rotatable bonds is 3. The molecule has 2 atom stereocenters. The number of nitrogens with zero attached hydrogens (tertiary/aromatic N) is 1. The van der Waals surface area contributed by atoms with Crippen molar-refractivity contribution in [2.24, 2.45) is 11.8 Å². The molecule has 1 nitrogen and oxygen atoms in total. The third-order valence-electron chi connectivity index (χ3n) is 3.29. The first kappa shape index (κ1) is 11.0. The topological polar surface area (TPSA) is 3.24 Å². The fourth-order valence-corrected chi connectivity index (χ4v) is 2.66. The molecule has 0 bridgehead atoms. The van der Waals surface area contributed by atoms with E-state index in [1.165, 1.54) is 32.2 Å². The Balaban J connectivity index is 2.39. The summed E-state index contributed by atoms with van der Waals surface area (Å²) in [6.07, 6.45) is 5.75. The second-order valence-electron chi connectivity index (χ2n) is 5.16. The molecule has 0 aromatic rings. The van der Waals surface area contributed by atoms with E-state index in [1.54, 1.807) is 0 Å². The van der Waals surface area contributed by atoms with Crippen molar-refractivity contribution in [1.82, 2.24) is 4.90 Å². The Bertz CT molecular complexity index is 142. The Morgan fingerprint density at radius 3 is 2.38 bits per heavy atom. The van der Waals surface area contributed by atoms with Crippen LogP contribution >= 0.6 is 0 Å². The molecule has 0 unspecified atom stereocenters. The van der Waals surface area contributed by atoms with E-state index in [2.05, 4.69) is 32.7 Å². The number of hydrogen-bond acceptors (Lipinski definition) is 1. The summed E-state index contributed by atoms with van der Waals surface area (Å²) in [5.41, 5.74) is 0. The Kier molecular flexibility index (Phi) is 4.24. The second-order valence-corrected chi connectivity index (χ2v) is 5.16. The maximum absolute atomic E-state index is 2.58. The van der Waals surface area contributed by atoms with Gasteiger partial charge in [-0.15, -0.1) is 0 Å². The van der Waals surface area contributed by atoms with Gasteiger partial charge in [-0.2, -0.15) is 0 Å². The zero-order chi connectivity index (χ0) is 9.84. The SMILES string of the molecule is CC(C)CN(C)[C@@H]1CCCC[C@H]1C. The van der Waals surface area contributed by atoms with Gasteiger partial charge in [0.1, 0.15) is 0 Å². The van der Waals surface area contributed by atoms with Crippen LogP contribution in [0.2, 0.25) is 0 Å². The van der Waals surface area contributed by atoms with Crippen LogP contribution in [0.25, 0.3) is 0 Å². The van der Waals surface area contributed by atoms with Gasteiger partial charge in [-0.1, -0.05) is 33.6 Å². The van der Waals surface area contributed by atoms with E-state index in [9.17, 15) is 0 Å². The maximum atomic E-state index is 2.58. The zero-order valence-electron chi connectivity index (χ0n) is 9.71. The van der Waals surface area contributed by atoms with E-state index in [1.807, 2.05) is 0 Å². The summed E-state index contributed by atoms with van der Waals surface area (Å²) in [5, 5.41) is 0. The molecule has 1 rings (SSSR count). The molecule has 0 aromatic carbocycles. The molecule has 1 fully saturated rings. The molecule has 1 aliphatic carbocycles. The molecule has 1 heteroatoms. The molecule has 0 N–H and O–H groups in total. The minimum absolute atomic E-state index is 0.805. The van der Waals surface area contributed by atoms with Crippen LogP contribution in [-0.2, 0) is 0 Å². The van der Waals surface area contributed by atoms with Crippen LogP contribution < -0.4 is 0 Å². The van der Waals surface area contributed by atoms with E-state index in [-0.39, 0.29) is 0 Å². The minimum Gasteiger partial charge on any atom is -0.303 e. The van der Waals surface area contributed by atoms with Crippen molar-refractivity contribution in [3.8, 4) is 0 Å². The first-order chi connectivity index (χ1) is 6.11. The van der Waals surface area contributed by atoms with E-state index < -0.39 is 0 Å². The van der Waals surface area contributed by atoms with Crippen LogP contribution in [-0.4, -0.2) is 24.5 Å². The first-order valence-electron chi connectivity index (χ1n) is 5.81. The summed E-state index contributed by atoms with van der Waals surface area (Å²) >= 11 is 0. The highest BCUT2D eigenvalue weighted by molar-refractivity contribution is 4.79. The van der Waals surface area contributed by atoms with Gasteiger partial charge in [0.25, 0.3) is 0 Å². The number of hydrogen-bond donors (Lipinski definition) is 0. The molecular formula is C12H25N. The van der Waals surface area contributed by atoms with Crippen LogP contribution in [0.15, 0.2) is 0 Å². The van der Waals surface area contributed by atoms with E-state index in [0.717, 1.165) is 17.9 Å². The van der Waals surface area contributed by atoms with Crippen molar-refractivity contribution in [2.75, 3.05) is 13.6 Å². The lowest BCUT2D eigenvalue weighted by molar-refractivity contribution is 0.127. The first-order valence-corrected chi connectivity index (χ1v) is 5.81. The van der Waals surface area contributed by atoms with Gasteiger partial charge >= 0.3 is 0 Å². The summed E-state index contributed by atoms with van der Waals surface area (Å²) in [4.78, 5) is 2.58. The Morgan fingerprint density at radius 1 is 1.23 bits per heavy atom. The average molecular weight is 183 g/mol. The Morgan fingerprint density at radius 2 is 1.85 bits per heavy atom. The molecule has 1 aliphatic rings. The monoisotopic (exact) mass is 183 g/mol. The normalized spacial score (nSPS) is 30.0. The van der Waals surface area contributed by atoms with Crippen molar-refractivity contribution in [2.45, 2.75) is 52.5 Å². The van der Waals surface area contributed by atoms with Gasteiger partial charge in [-0.25, -0.2) is 0 Å². The summed E-state index contributed by atoms with van der Waals surface area (Å²) in [6, 6.07) is 0.858. The highest BCUT2D eigenvalue weighted by Crippen LogP contribution is 2.27. The zero-order valence-corrected chi connectivity index (χ0v) is 9.71. The van der Waals surface area contributed by atoms with Crippen molar-refractivity contribution < 1.29 is 0 Å². The summed E-state index contributed by atoms with van der Waals surface area (Å²) in [7, 11) is 2.30. The Hall–Kier alpha value is -0.0400. The van der Waals surface area contributed by atoms with Gasteiger partial charge < -0.3 is 4.90 Å². The molecule has 0 aliphatic heterocycles. The standard InChI is InChI=1S/C12H25N/c1-10(2)9-13(4)12-8-6-5-7-11(12)3/h10-12H,5-9H2,1-4H3/t11-,12-/m1/s1. The van der Waals surface area contributed by atoms with Crippen LogP contribution in [0.3, 0.4) is 0 Å². The van der Waals surface area contributed by atoms with Gasteiger partial charge in [-0.05, 0) is 31.7 Å². The molecule has 0 amide bonds. The van der Waals surface area contributed by atoms with Gasteiger partial charge in [-0.3, -0.25) is 0 Å². The molecule has 13 heavy (non-hydrogen) atoms. The average Bonchev–Trinajstić information content (AvgIpc) is 2.03. The van der Waals surface area contributed by atoms with Crippen molar-refractivity contribution in [1.29, 1.82) is 0 Å².